The molecular weight excluding hydrogens is 410 g/mol. The quantitative estimate of drug-likeness (QED) is 0.407. The Labute approximate surface area is 193 Å². The standard InChI is InChI=1S/C28H25N3O2/c32-28(23-7-4-16-29-19-23)30-24-13-10-20(11-14-24)17-21-5-3-8-25(18-21)33-27-15-12-22-6-1-2-9-26(22)31-27/h1-9,12,15-19,24H,10-11,13-14H2,(H,30,32). The summed E-state index contributed by atoms with van der Waals surface area (Å²) < 4.78 is 6.03. The molecule has 0 saturated heterocycles. The topological polar surface area (TPSA) is 64.1 Å². The van der Waals surface area contributed by atoms with Gasteiger partial charge in [0.15, 0.2) is 0 Å². The number of carbonyl (C=O) groups excluding carboxylic acids is 1. The molecule has 0 aliphatic heterocycles. The molecule has 1 N–H and O–H groups in total. The van der Waals surface area contributed by atoms with Crippen LogP contribution in [-0.2, 0) is 0 Å². The summed E-state index contributed by atoms with van der Waals surface area (Å²) in [6, 6.07) is 23.8. The van der Waals surface area contributed by atoms with Crippen LogP contribution < -0.4 is 10.1 Å². The summed E-state index contributed by atoms with van der Waals surface area (Å²) in [5.74, 6) is 1.31. The van der Waals surface area contributed by atoms with Gasteiger partial charge < -0.3 is 10.1 Å². The van der Waals surface area contributed by atoms with Crippen LogP contribution in [0.2, 0.25) is 0 Å². The molecule has 2 heterocycles. The summed E-state index contributed by atoms with van der Waals surface area (Å²) in [7, 11) is 0. The van der Waals surface area contributed by atoms with Crippen molar-refractivity contribution in [3.8, 4) is 11.6 Å². The van der Waals surface area contributed by atoms with E-state index >= 15 is 0 Å². The van der Waals surface area contributed by atoms with Crippen molar-refractivity contribution in [2.45, 2.75) is 31.7 Å². The van der Waals surface area contributed by atoms with Gasteiger partial charge in [-0.3, -0.25) is 9.78 Å². The maximum Gasteiger partial charge on any atom is 0.253 e. The van der Waals surface area contributed by atoms with E-state index in [4.69, 9.17) is 4.74 Å². The first-order chi connectivity index (χ1) is 16.2. The maximum atomic E-state index is 12.4. The van der Waals surface area contributed by atoms with Gasteiger partial charge in [-0.05, 0) is 67.6 Å². The highest BCUT2D eigenvalue weighted by Crippen LogP contribution is 2.28. The smallest absolute Gasteiger partial charge is 0.253 e. The minimum Gasteiger partial charge on any atom is -0.439 e. The fraction of sp³-hybridized carbons (Fsp3) is 0.179. The Kier molecular flexibility index (Phi) is 6.11. The van der Waals surface area contributed by atoms with Crippen LogP contribution >= 0.6 is 0 Å². The number of para-hydroxylation sites is 1. The van der Waals surface area contributed by atoms with E-state index < -0.39 is 0 Å². The highest BCUT2D eigenvalue weighted by atomic mass is 16.5. The highest BCUT2D eigenvalue weighted by molar-refractivity contribution is 5.94. The van der Waals surface area contributed by atoms with Crippen LogP contribution in [-0.4, -0.2) is 21.9 Å². The Morgan fingerprint density at radius 1 is 0.970 bits per heavy atom. The molecule has 5 heteroatoms. The first-order valence-corrected chi connectivity index (χ1v) is 11.3. The summed E-state index contributed by atoms with van der Waals surface area (Å²) in [5.41, 5.74) is 4.03. The van der Waals surface area contributed by atoms with Gasteiger partial charge >= 0.3 is 0 Å². The van der Waals surface area contributed by atoms with Crippen molar-refractivity contribution in [3.63, 3.8) is 0 Å². The second-order valence-electron chi connectivity index (χ2n) is 8.31. The van der Waals surface area contributed by atoms with Gasteiger partial charge in [-0.25, -0.2) is 4.98 Å². The van der Waals surface area contributed by atoms with Crippen molar-refractivity contribution < 1.29 is 9.53 Å². The number of amides is 1. The van der Waals surface area contributed by atoms with Gasteiger partial charge in [-0.2, -0.15) is 0 Å². The molecule has 0 atom stereocenters. The van der Waals surface area contributed by atoms with Crippen molar-refractivity contribution in [1.82, 2.24) is 15.3 Å². The number of carbonyl (C=O) groups is 1. The van der Waals surface area contributed by atoms with E-state index in [9.17, 15) is 4.79 Å². The van der Waals surface area contributed by atoms with Crippen LogP contribution in [0, 0.1) is 0 Å². The largest absolute Gasteiger partial charge is 0.439 e. The monoisotopic (exact) mass is 435 g/mol. The zero-order chi connectivity index (χ0) is 22.5. The van der Waals surface area contributed by atoms with Crippen LogP contribution in [0.5, 0.6) is 11.6 Å². The molecule has 1 fully saturated rings. The Morgan fingerprint density at radius 2 is 1.85 bits per heavy atom. The number of nitrogens with zero attached hydrogens (tertiary/aromatic N) is 2. The van der Waals surface area contributed by atoms with Crippen molar-refractivity contribution in [1.29, 1.82) is 0 Å². The van der Waals surface area contributed by atoms with E-state index in [1.54, 1.807) is 24.5 Å². The third kappa shape index (κ3) is 5.26. The number of aromatic nitrogens is 2. The summed E-state index contributed by atoms with van der Waals surface area (Å²) >= 11 is 0. The Bertz CT molecular complexity index is 1290. The van der Waals surface area contributed by atoms with Gasteiger partial charge in [0.2, 0.25) is 5.88 Å². The van der Waals surface area contributed by atoms with Crippen molar-refractivity contribution in [3.05, 3.63) is 102 Å². The Balaban J connectivity index is 1.20. The number of hydrogen-bond donors (Lipinski definition) is 1. The van der Waals surface area contributed by atoms with Crippen LogP contribution in [0.25, 0.3) is 17.0 Å². The van der Waals surface area contributed by atoms with E-state index in [-0.39, 0.29) is 11.9 Å². The summed E-state index contributed by atoms with van der Waals surface area (Å²) in [6.45, 7) is 0. The molecule has 2 aromatic carbocycles. The third-order valence-electron chi connectivity index (χ3n) is 5.91. The minimum atomic E-state index is -0.0484. The van der Waals surface area contributed by atoms with Crippen molar-refractivity contribution >= 4 is 22.9 Å². The first kappa shape index (κ1) is 20.9. The van der Waals surface area contributed by atoms with Crippen LogP contribution in [0.4, 0.5) is 0 Å². The molecule has 1 aliphatic carbocycles. The molecule has 0 spiro atoms. The number of nitrogens with one attached hydrogen (secondary N) is 1. The lowest BCUT2D eigenvalue weighted by Crippen LogP contribution is -2.36. The number of allylic oxidation sites excluding steroid dienone is 1. The molecule has 1 aliphatic rings. The van der Waals surface area contributed by atoms with Crippen LogP contribution in [0.1, 0.15) is 41.6 Å². The average molecular weight is 436 g/mol. The van der Waals surface area contributed by atoms with Crippen LogP contribution in [0.15, 0.2) is 90.8 Å². The molecular formula is C28H25N3O2. The van der Waals surface area contributed by atoms with Crippen molar-refractivity contribution in [2.24, 2.45) is 0 Å². The number of ether oxygens (including phenoxy) is 1. The van der Waals surface area contributed by atoms with E-state index in [1.807, 2.05) is 54.6 Å². The van der Waals surface area contributed by atoms with E-state index in [0.29, 0.717) is 11.4 Å². The molecule has 2 aromatic heterocycles. The van der Waals surface area contributed by atoms with E-state index in [2.05, 4.69) is 27.4 Å². The SMILES string of the molecule is O=C(NC1CCC(=Cc2cccc(Oc3ccc4ccccc4n3)c2)CC1)c1cccnc1. The van der Waals surface area contributed by atoms with E-state index in [1.165, 1.54) is 5.57 Å². The third-order valence-corrected chi connectivity index (χ3v) is 5.91. The van der Waals surface area contributed by atoms with Gasteiger partial charge in [0.25, 0.3) is 5.91 Å². The fourth-order valence-electron chi connectivity index (χ4n) is 4.17. The number of hydrogen-bond acceptors (Lipinski definition) is 4. The molecule has 5 rings (SSSR count). The molecule has 1 saturated carbocycles. The molecule has 1 amide bonds. The molecule has 0 bridgehead atoms. The highest BCUT2D eigenvalue weighted by Gasteiger charge is 2.19. The summed E-state index contributed by atoms with van der Waals surface area (Å²) in [5, 5.41) is 4.23. The molecule has 33 heavy (non-hydrogen) atoms. The van der Waals surface area contributed by atoms with Gasteiger partial charge in [-0.1, -0.05) is 42.0 Å². The lowest BCUT2D eigenvalue weighted by molar-refractivity contribution is 0.0930. The molecule has 164 valence electrons. The lowest BCUT2D eigenvalue weighted by Gasteiger charge is -2.25. The Hall–Kier alpha value is -3.99. The fourth-order valence-corrected chi connectivity index (χ4v) is 4.17. The first-order valence-electron chi connectivity index (χ1n) is 11.3. The number of rotatable bonds is 5. The average Bonchev–Trinajstić information content (AvgIpc) is 2.86. The predicted molar refractivity (Wildman–Crippen MR) is 130 cm³/mol. The van der Waals surface area contributed by atoms with Gasteiger partial charge in [-0.15, -0.1) is 0 Å². The lowest BCUT2D eigenvalue weighted by atomic mass is 9.89. The predicted octanol–water partition coefficient (Wildman–Crippen LogP) is 6.18. The minimum absolute atomic E-state index is 0.0484. The van der Waals surface area contributed by atoms with Crippen LogP contribution in [0.3, 0.4) is 0 Å². The second-order valence-corrected chi connectivity index (χ2v) is 8.31. The Morgan fingerprint density at radius 3 is 2.70 bits per heavy atom. The zero-order valence-corrected chi connectivity index (χ0v) is 18.3. The summed E-state index contributed by atoms with van der Waals surface area (Å²) in [4.78, 5) is 21.0. The number of fused-ring (bicyclic) bond motifs is 1. The van der Waals surface area contributed by atoms with Gasteiger partial charge in [0, 0.05) is 29.9 Å². The maximum absolute atomic E-state index is 12.4. The normalized spacial score (nSPS) is 15.8. The molecule has 4 aromatic rings. The van der Waals surface area contributed by atoms with Gasteiger partial charge in [0.1, 0.15) is 5.75 Å². The second kappa shape index (κ2) is 9.65. The van der Waals surface area contributed by atoms with Gasteiger partial charge in [0.05, 0.1) is 11.1 Å². The summed E-state index contributed by atoms with van der Waals surface area (Å²) in [6.07, 6.45) is 9.33. The number of pyridine rings is 2. The molecule has 0 unspecified atom stereocenters. The number of benzene rings is 2. The zero-order valence-electron chi connectivity index (χ0n) is 18.3. The van der Waals surface area contributed by atoms with E-state index in [0.717, 1.165) is 47.9 Å². The molecule has 5 nitrogen and oxygen atoms in total. The van der Waals surface area contributed by atoms with Crippen molar-refractivity contribution in [2.75, 3.05) is 0 Å². The molecule has 0 radical (unpaired) electrons.